The third-order valence-electron chi connectivity index (χ3n) is 4.74. The van der Waals surface area contributed by atoms with E-state index >= 15 is 0 Å². The van der Waals surface area contributed by atoms with Crippen LogP contribution >= 0.6 is 11.8 Å². The first-order chi connectivity index (χ1) is 12.1. The first-order valence-electron chi connectivity index (χ1n) is 8.86. The van der Waals surface area contributed by atoms with Gasteiger partial charge in [-0.15, -0.1) is 11.8 Å². The van der Waals surface area contributed by atoms with Gasteiger partial charge in [0, 0.05) is 11.4 Å². The lowest BCUT2D eigenvalue weighted by Crippen LogP contribution is -2.35. The molecule has 1 atom stereocenters. The minimum absolute atomic E-state index is 0.0910. The second-order valence-corrected chi connectivity index (χ2v) is 7.82. The molecule has 0 saturated heterocycles. The Balaban J connectivity index is 1.50. The number of carbonyl (C=O) groups is 1. The molecule has 0 saturated carbocycles. The molecule has 2 aromatic rings. The third kappa shape index (κ3) is 4.86. The number of hydrogen-bond donors (Lipinski definition) is 1. The zero-order chi connectivity index (χ0) is 17.6. The maximum atomic E-state index is 12.3. The average molecular weight is 355 g/mol. The summed E-state index contributed by atoms with van der Waals surface area (Å²) in [6, 6.07) is 17.1. The monoisotopic (exact) mass is 354 g/mol. The highest BCUT2D eigenvalue weighted by atomic mass is 32.2. The van der Waals surface area contributed by atoms with Gasteiger partial charge in [-0.25, -0.2) is 0 Å². The second-order valence-electron chi connectivity index (χ2n) is 6.77. The van der Waals surface area contributed by atoms with Crippen LogP contribution < -0.4 is 5.32 Å². The predicted molar refractivity (Wildman–Crippen MR) is 105 cm³/mol. The SMILES string of the molecule is CN(C)C(CNC(=O)CSc1ccc2c(c1)CCC2)c1ccccc1. The Morgan fingerprint density at radius 1 is 1.12 bits per heavy atom. The molecule has 1 unspecified atom stereocenters. The summed E-state index contributed by atoms with van der Waals surface area (Å²) in [5.41, 5.74) is 4.16. The van der Waals surface area contributed by atoms with Gasteiger partial charge in [-0.3, -0.25) is 4.79 Å². The van der Waals surface area contributed by atoms with Crippen LogP contribution in [-0.2, 0) is 17.6 Å². The van der Waals surface area contributed by atoms with Crippen molar-refractivity contribution in [1.29, 1.82) is 0 Å². The van der Waals surface area contributed by atoms with E-state index in [4.69, 9.17) is 0 Å². The molecule has 1 aliphatic carbocycles. The number of carbonyl (C=O) groups excluding carboxylic acids is 1. The highest BCUT2D eigenvalue weighted by molar-refractivity contribution is 8.00. The predicted octanol–water partition coefficient (Wildman–Crippen LogP) is 3.69. The molecule has 4 heteroatoms. The molecule has 1 amide bonds. The van der Waals surface area contributed by atoms with Gasteiger partial charge in [-0.05, 0) is 62.2 Å². The number of rotatable bonds is 7. The Morgan fingerprint density at radius 3 is 2.64 bits per heavy atom. The van der Waals surface area contributed by atoms with Gasteiger partial charge in [0.25, 0.3) is 0 Å². The molecule has 3 rings (SSSR count). The highest BCUT2D eigenvalue weighted by Gasteiger charge is 2.15. The van der Waals surface area contributed by atoms with Crippen molar-refractivity contribution >= 4 is 17.7 Å². The van der Waals surface area contributed by atoms with Crippen molar-refractivity contribution in [3.05, 3.63) is 65.2 Å². The lowest BCUT2D eigenvalue weighted by molar-refractivity contribution is -0.118. The molecule has 1 aliphatic rings. The maximum Gasteiger partial charge on any atom is 0.230 e. The topological polar surface area (TPSA) is 32.3 Å². The number of nitrogens with zero attached hydrogens (tertiary/aromatic N) is 1. The smallest absolute Gasteiger partial charge is 0.230 e. The molecular formula is C21H26N2OS. The molecule has 25 heavy (non-hydrogen) atoms. The van der Waals surface area contributed by atoms with Crippen molar-refractivity contribution < 1.29 is 4.79 Å². The van der Waals surface area contributed by atoms with Crippen molar-refractivity contribution in [3.63, 3.8) is 0 Å². The standard InChI is InChI=1S/C21H26N2OS/c1-23(2)20(17-7-4-3-5-8-17)14-22-21(24)15-25-19-12-11-16-9-6-10-18(16)13-19/h3-5,7-8,11-13,20H,6,9-10,14-15H2,1-2H3,(H,22,24). The summed E-state index contributed by atoms with van der Waals surface area (Å²) in [5, 5.41) is 3.08. The van der Waals surface area contributed by atoms with E-state index in [-0.39, 0.29) is 11.9 Å². The van der Waals surface area contributed by atoms with Gasteiger partial charge < -0.3 is 10.2 Å². The van der Waals surface area contributed by atoms with E-state index in [0.29, 0.717) is 12.3 Å². The summed E-state index contributed by atoms with van der Waals surface area (Å²) in [6.07, 6.45) is 3.64. The zero-order valence-corrected chi connectivity index (χ0v) is 15.8. The number of fused-ring (bicyclic) bond motifs is 1. The summed E-state index contributed by atoms with van der Waals surface area (Å²) >= 11 is 1.62. The molecule has 0 bridgehead atoms. The molecule has 1 N–H and O–H groups in total. The first-order valence-corrected chi connectivity index (χ1v) is 9.85. The van der Waals surface area contributed by atoms with E-state index in [1.54, 1.807) is 11.8 Å². The molecule has 3 nitrogen and oxygen atoms in total. The van der Waals surface area contributed by atoms with Crippen LogP contribution in [0, 0.1) is 0 Å². The van der Waals surface area contributed by atoms with E-state index in [1.807, 2.05) is 32.3 Å². The lowest BCUT2D eigenvalue weighted by Gasteiger charge is -2.25. The number of aryl methyl sites for hydroxylation is 2. The number of nitrogens with one attached hydrogen (secondary N) is 1. The molecule has 0 heterocycles. The van der Waals surface area contributed by atoms with Crippen molar-refractivity contribution in [3.8, 4) is 0 Å². The molecule has 2 aromatic carbocycles. The number of benzene rings is 2. The van der Waals surface area contributed by atoms with E-state index in [0.717, 1.165) is 0 Å². The van der Waals surface area contributed by atoms with Crippen LogP contribution in [0.4, 0.5) is 0 Å². The van der Waals surface area contributed by atoms with Crippen LogP contribution in [0.3, 0.4) is 0 Å². The summed E-state index contributed by atoms with van der Waals surface area (Å²) in [5.74, 6) is 0.557. The Hall–Kier alpha value is -1.78. The first kappa shape index (κ1) is 18.0. The fourth-order valence-electron chi connectivity index (χ4n) is 3.32. The van der Waals surface area contributed by atoms with Gasteiger partial charge in [0.05, 0.1) is 11.8 Å². The van der Waals surface area contributed by atoms with E-state index in [9.17, 15) is 4.79 Å². The van der Waals surface area contributed by atoms with Crippen molar-refractivity contribution in [1.82, 2.24) is 10.2 Å². The molecule has 0 spiro atoms. The fourth-order valence-corrected chi connectivity index (χ4v) is 4.11. The largest absolute Gasteiger partial charge is 0.353 e. The molecule has 0 radical (unpaired) electrons. The van der Waals surface area contributed by atoms with Gasteiger partial charge in [-0.2, -0.15) is 0 Å². The van der Waals surface area contributed by atoms with Crippen LogP contribution in [0.25, 0.3) is 0 Å². The van der Waals surface area contributed by atoms with Crippen LogP contribution in [0.1, 0.15) is 29.2 Å². The second kappa shape index (κ2) is 8.54. The summed E-state index contributed by atoms with van der Waals surface area (Å²) < 4.78 is 0. The van der Waals surface area contributed by atoms with E-state index in [1.165, 1.54) is 40.8 Å². The number of amides is 1. The van der Waals surface area contributed by atoms with Gasteiger partial charge in [-0.1, -0.05) is 36.4 Å². The van der Waals surface area contributed by atoms with Crippen LogP contribution in [-0.4, -0.2) is 37.2 Å². The third-order valence-corrected chi connectivity index (χ3v) is 5.73. The lowest BCUT2D eigenvalue weighted by atomic mass is 10.1. The number of thioether (sulfide) groups is 1. The van der Waals surface area contributed by atoms with Crippen molar-refractivity contribution in [2.75, 3.05) is 26.4 Å². The average Bonchev–Trinajstić information content (AvgIpc) is 3.08. The van der Waals surface area contributed by atoms with Crippen LogP contribution in [0.15, 0.2) is 53.4 Å². The highest BCUT2D eigenvalue weighted by Crippen LogP contribution is 2.27. The Kier molecular flexibility index (Phi) is 6.16. The van der Waals surface area contributed by atoms with Crippen molar-refractivity contribution in [2.24, 2.45) is 0 Å². The van der Waals surface area contributed by atoms with Crippen molar-refractivity contribution in [2.45, 2.75) is 30.2 Å². The number of hydrogen-bond acceptors (Lipinski definition) is 3. The molecule has 132 valence electrons. The number of likely N-dealkylation sites (N-methyl/N-ethyl adjacent to an activating group) is 1. The minimum Gasteiger partial charge on any atom is -0.353 e. The Morgan fingerprint density at radius 2 is 1.88 bits per heavy atom. The van der Waals surface area contributed by atoms with Crippen LogP contribution in [0.5, 0.6) is 0 Å². The molecule has 0 aromatic heterocycles. The van der Waals surface area contributed by atoms with Gasteiger partial charge in [0.1, 0.15) is 0 Å². The van der Waals surface area contributed by atoms with E-state index in [2.05, 4.69) is 40.5 Å². The Bertz CT molecular complexity index is 715. The Labute approximate surface area is 154 Å². The van der Waals surface area contributed by atoms with Gasteiger partial charge in [0.15, 0.2) is 0 Å². The fraction of sp³-hybridized carbons (Fsp3) is 0.381. The zero-order valence-electron chi connectivity index (χ0n) is 15.0. The summed E-state index contributed by atoms with van der Waals surface area (Å²) in [6.45, 7) is 0.626. The van der Waals surface area contributed by atoms with E-state index < -0.39 is 0 Å². The molecular weight excluding hydrogens is 328 g/mol. The molecule has 0 fully saturated rings. The van der Waals surface area contributed by atoms with Gasteiger partial charge >= 0.3 is 0 Å². The molecule has 0 aliphatic heterocycles. The normalized spacial score (nSPS) is 14.4. The van der Waals surface area contributed by atoms with Crippen LogP contribution in [0.2, 0.25) is 0 Å². The summed E-state index contributed by atoms with van der Waals surface area (Å²) in [4.78, 5) is 15.6. The minimum atomic E-state index is 0.0910. The quantitative estimate of drug-likeness (QED) is 0.770. The maximum absolute atomic E-state index is 12.3. The van der Waals surface area contributed by atoms with Gasteiger partial charge in [0.2, 0.25) is 5.91 Å². The summed E-state index contributed by atoms with van der Waals surface area (Å²) in [7, 11) is 4.09.